The summed E-state index contributed by atoms with van der Waals surface area (Å²) in [5, 5.41) is 13.5. The van der Waals surface area contributed by atoms with Gasteiger partial charge in [0.1, 0.15) is 0 Å². The van der Waals surface area contributed by atoms with E-state index in [0.29, 0.717) is 22.7 Å². The molecule has 0 unspecified atom stereocenters. The molecule has 0 aliphatic rings. The number of pyridine rings is 1. The first kappa shape index (κ1) is 14.4. The molecular weight excluding hydrogens is 274 g/mol. The number of aromatic nitrogens is 1. The number of carbonyl (C=O) groups excluding carboxylic acids is 1. The maximum atomic E-state index is 12.1. The maximum Gasteiger partial charge on any atom is 0.274 e. The van der Waals surface area contributed by atoms with Gasteiger partial charge in [-0.25, -0.2) is 4.98 Å². The zero-order chi connectivity index (χ0) is 15.4. The Morgan fingerprint density at radius 1 is 1.33 bits per heavy atom. The van der Waals surface area contributed by atoms with E-state index < -0.39 is 10.8 Å². The van der Waals surface area contributed by atoms with Crippen molar-refractivity contribution in [1.82, 2.24) is 4.98 Å². The molecule has 108 valence electrons. The van der Waals surface area contributed by atoms with Crippen molar-refractivity contribution in [1.29, 1.82) is 0 Å². The van der Waals surface area contributed by atoms with E-state index >= 15 is 0 Å². The van der Waals surface area contributed by atoms with Crippen LogP contribution in [0, 0.1) is 17.0 Å². The third kappa shape index (κ3) is 3.14. The number of hydrogen-bond acceptors (Lipinski definition) is 5. The van der Waals surface area contributed by atoms with E-state index in [4.69, 9.17) is 4.74 Å². The Hall–Kier alpha value is -2.96. The topological polar surface area (TPSA) is 94.4 Å². The predicted molar refractivity (Wildman–Crippen MR) is 76.6 cm³/mol. The number of nitro groups is 1. The number of benzene rings is 1. The fraction of sp³-hybridized carbons (Fsp3) is 0.143. The first-order valence-electron chi connectivity index (χ1n) is 6.08. The van der Waals surface area contributed by atoms with Crippen LogP contribution in [0.2, 0.25) is 0 Å². The van der Waals surface area contributed by atoms with Gasteiger partial charge in [-0.2, -0.15) is 0 Å². The number of hydrogen-bond donors (Lipinski definition) is 1. The molecule has 1 aromatic heterocycles. The molecule has 0 fully saturated rings. The van der Waals surface area contributed by atoms with E-state index in [0.717, 1.165) is 0 Å². The minimum atomic E-state index is -0.486. The van der Waals surface area contributed by atoms with Gasteiger partial charge >= 0.3 is 0 Å². The first-order valence-corrected chi connectivity index (χ1v) is 6.08. The van der Waals surface area contributed by atoms with E-state index in [2.05, 4.69) is 10.3 Å². The molecule has 0 aliphatic carbocycles. The number of nitro benzene ring substituents is 1. The van der Waals surface area contributed by atoms with Crippen LogP contribution in [0.15, 0.2) is 36.5 Å². The summed E-state index contributed by atoms with van der Waals surface area (Å²) in [6.45, 7) is 1.58. The number of methoxy groups -OCH3 is 1. The van der Waals surface area contributed by atoms with Crippen LogP contribution in [-0.2, 0) is 0 Å². The molecule has 0 saturated carbocycles. The highest BCUT2D eigenvalue weighted by atomic mass is 16.6. The number of nitrogens with one attached hydrogen (secondary N) is 1. The number of carbonyl (C=O) groups is 1. The molecule has 0 saturated heterocycles. The van der Waals surface area contributed by atoms with E-state index in [9.17, 15) is 14.9 Å². The smallest absolute Gasteiger partial charge is 0.274 e. The Kier molecular flexibility index (Phi) is 4.13. The Balaban J connectivity index is 2.23. The second-order valence-electron chi connectivity index (χ2n) is 4.25. The van der Waals surface area contributed by atoms with Crippen LogP contribution in [0.3, 0.4) is 0 Å². The highest BCUT2D eigenvalue weighted by Gasteiger charge is 2.15. The van der Waals surface area contributed by atoms with Gasteiger partial charge in [-0.15, -0.1) is 0 Å². The van der Waals surface area contributed by atoms with Crippen molar-refractivity contribution in [2.24, 2.45) is 0 Å². The molecule has 2 aromatic rings. The fourth-order valence-corrected chi connectivity index (χ4v) is 1.79. The SMILES string of the molecule is COc1ccc(C(=O)Nc2cccc([N+](=O)[O-])c2C)cn1. The normalized spacial score (nSPS) is 10.0. The van der Waals surface area contributed by atoms with Crippen molar-refractivity contribution in [3.8, 4) is 5.88 Å². The van der Waals surface area contributed by atoms with E-state index in [1.165, 1.54) is 25.4 Å². The lowest BCUT2D eigenvalue weighted by Gasteiger charge is -2.08. The molecule has 1 N–H and O–H groups in total. The molecule has 1 amide bonds. The number of nitrogens with zero attached hydrogens (tertiary/aromatic N) is 2. The third-order valence-electron chi connectivity index (χ3n) is 2.96. The fourth-order valence-electron chi connectivity index (χ4n) is 1.79. The summed E-state index contributed by atoms with van der Waals surface area (Å²) >= 11 is 0. The summed E-state index contributed by atoms with van der Waals surface area (Å²) in [6, 6.07) is 7.65. The monoisotopic (exact) mass is 287 g/mol. The lowest BCUT2D eigenvalue weighted by Crippen LogP contribution is -2.13. The molecule has 0 spiro atoms. The average Bonchev–Trinajstić information content (AvgIpc) is 2.49. The van der Waals surface area contributed by atoms with Gasteiger partial charge in [0.05, 0.1) is 28.8 Å². The molecule has 0 radical (unpaired) electrons. The summed E-state index contributed by atoms with van der Waals surface area (Å²) in [7, 11) is 1.48. The molecule has 2 rings (SSSR count). The maximum absolute atomic E-state index is 12.1. The van der Waals surface area contributed by atoms with Gasteiger partial charge in [-0.3, -0.25) is 14.9 Å². The predicted octanol–water partition coefficient (Wildman–Crippen LogP) is 2.56. The zero-order valence-corrected chi connectivity index (χ0v) is 11.5. The summed E-state index contributed by atoms with van der Waals surface area (Å²) in [6.07, 6.45) is 1.38. The minimum Gasteiger partial charge on any atom is -0.481 e. The van der Waals surface area contributed by atoms with Gasteiger partial charge in [-0.05, 0) is 19.1 Å². The van der Waals surface area contributed by atoms with Crippen LogP contribution >= 0.6 is 0 Å². The largest absolute Gasteiger partial charge is 0.481 e. The summed E-state index contributed by atoms with van der Waals surface area (Å²) in [5.41, 5.74) is 1.09. The van der Waals surface area contributed by atoms with Crippen molar-refractivity contribution < 1.29 is 14.5 Å². The molecule has 1 heterocycles. The third-order valence-corrected chi connectivity index (χ3v) is 2.96. The molecule has 7 heteroatoms. The Morgan fingerprint density at radius 3 is 2.67 bits per heavy atom. The second-order valence-corrected chi connectivity index (χ2v) is 4.25. The molecule has 1 aromatic carbocycles. The molecule has 0 aliphatic heterocycles. The summed E-state index contributed by atoms with van der Waals surface area (Å²) in [5.74, 6) is 0.00632. The quantitative estimate of drug-likeness (QED) is 0.688. The van der Waals surface area contributed by atoms with Crippen molar-refractivity contribution in [2.75, 3.05) is 12.4 Å². The average molecular weight is 287 g/mol. The van der Waals surface area contributed by atoms with Gasteiger partial charge < -0.3 is 10.1 Å². The van der Waals surface area contributed by atoms with E-state index in [1.807, 2.05) is 0 Å². The van der Waals surface area contributed by atoms with E-state index in [-0.39, 0.29) is 5.69 Å². The van der Waals surface area contributed by atoms with Crippen molar-refractivity contribution in [3.63, 3.8) is 0 Å². The van der Waals surface area contributed by atoms with Crippen LogP contribution in [0.5, 0.6) is 5.88 Å². The number of ether oxygens (including phenoxy) is 1. The second kappa shape index (κ2) is 6.00. The van der Waals surface area contributed by atoms with Crippen molar-refractivity contribution in [3.05, 3.63) is 57.8 Å². The molecular formula is C14H13N3O4. The van der Waals surface area contributed by atoms with Crippen molar-refractivity contribution >= 4 is 17.3 Å². The van der Waals surface area contributed by atoms with Crippen molar-refractivity contribution in [2.45, 2.75) is 6.92 Å². The lowest BCUT2D eigenvalue weighted by molar-refractivity contribution is -0.385. The van der Waals surface area contributed by atoms with Gasteiger partial charge in [-0.1, -0.05) is 6.07 Å². The Bertz CT molecular complexity index is 683. The molecule has 0 bridgehead atoms. The van der Waals surface area contributed by atoms with Gasteiger partial charge in [0.15, 0.2) is 0 Å². The Morgan fingerprint density at radius 2 is 2.10 bits per heavy atom. The van der Waals surface area contributed by atoms with Crippen LogP contribution in [0.25, 0.3) is 0 Å². The number of amides is 1. The molecule has 21 heavy (non-hydrogen) atoms. The standard InChI is InChI=1S/C14H13N3O4/c1-9-11(4-3-5-12(9)17(19)20)16-14(18)10-6-7-13(21-2)15-8-10/h3-8H,1-2H3,(H,16,18). The lowest BCUT2D eigenvalue weighted by atomic mass is 10.1. The summed E-state index contributed by atoms with van der Waals surface area (Å²) < 4.78 is 4.91. The van der Waals surface area contributed by atoms with Gasteiger partial charge in [0.25, 0.3) is 11.6 Å². The van der Waals surface area contributed by atoms with Gasteiger partial charge in [0.2, 0.25) is 5.88 Å². The van der Waals surface area contributed by atoms with Gasteiger partial charge in [0, 0.05) is 18.3 Å². The minimum absolute atomic E-state index is 0.0411. The number of anilines is 1. The first-order chi connectivity index (χ1) is 10.0. The molecule has 7 nitrogen and oxygen atoms in total. The van der Waals surface area contributed by atoms with Crippen LogP contribution < -0.4 is 10.1 Å². The summed E-state index contributed by atoms with van der Waals surface area (Å²) in [4.78, 5) is 26.4. The highest BCUT2D eigenvalue weighted by Crippen LogP contribution is 2.25. The van der Waals surface area contributed by atoms with Crippen LogP contribution in [0.4, 0.5) is 11.4 Å². The Labute approximate surface area is 120 Å². The van der Waals surface area contributed by atoms with E-state index in [1.54, 1.807) is 25.1 Å². The number of rotatable bonds is 4. The van der Waals surface area contributed by atoms with Crippen LogP contribution in [-0.4, -0.2) is 22.9 Å². The zero-order valence-electron chi connectivity index (χ0n) is 11.5. The van der Waals surface area contributed by atoms with Crippen LogP contribution in [0.1, 0.15) is 15.9 Å². The molecule has 0 atom stereocenters. The highest BCUT2D eigenvalue weighted by molar-refractivity contribution is 6.04.